The minimum absolute atomic E-state index is 0.207. The number of hydrogen-bond donors (Lipinski definition) is 1. The van der Waals surface area contributed by atoms with Gasteiger partial charge in [0.2, 0.25) is 0 Å². The van der Waals surface area contributed by atoms with Crippen LogP contribution in [0.15, 0.2) is 41.3 Å². The van der Waals surface area contributed by atoms with E-state index in [-0.39, 0.29) is 11.0 Å². The molecule has 0 bridgehead atoms. The SMILES string of the molecule is O=C(O)CSc1c(F)cc(-c2cccc(OC3CCCC3)c2)cc1F. The summed E-state index contributed by atoms with van der Waals surface area (Å²) in [5.41, 5.74) is 1.05. The lowest BCUT2D eigenvalue weighted by atomic mass is 10.1. The number of carboxylic acids is 1. The van der Waals surface area contributed by atoms with Crippen LogP contribution < -0.4 is 4.74 Å². The molecule has 1 N–H and O–H groups in total. The number of rotatable bonds is 6. The van der Waals surface area contributed by atoms with Gasteiger partial charge in [-0.25, -0.2) is 8.78 Å². The monoisotopic (exact) mass is 364 g/mol. The van der Waals surface area contributed by atoms with Crippen LogP contribution in [0.5, 0.6) is 5.75 Å². The van der Waals surface area contributed by atoms with Crippen molar-refractivity contribution in [2.24, 2.45) is 0 Å². The summed E-state index contributed by atoms with van der Waals surface area (Å²) in [6.07, 6.45) is 4.59. The first-order valence-corrected chi connectivity index (χ1v) is 9.12. The van der Waals surface area contributed by atoms with E-state index in [0.717, 1.165) is 25.7 Å². The van der Waals surface area contributed by atoms with Crippen LogP contribution in [-0.4, -0.2) is 22.9 Å². The molecule has 0 amide bonds. The van der Waals surface area contributed by atoms with Gasteiger partial charge >= 0.3 is 5.97 Å². The molecule has 3 nitrogen and oxygen atoms in total. The van der Waals surface area contributed by atoms with Crippen LogP contribution in [0.2, 0.25) is 0 Å². The molecule has 1 aliphatic carbocycles. The smallest absolute Gasteiger partial charge is 0.313 e. The molecule has 2 aromatic carbocycles. The Balaban J connectivity index is 1.82. The number of aliphatic carboxylic acids is 1. The predicted octanol–water partition coefficient (Wildman–Crippen LogP) is 5.13. The van der Waals surface area contributed by atoms with Gasteiger partial charge in [-0.3, -0.25) is 4.79 Å². The molecule has 0 aromatic heterocycles. The minimum atomic E-state index is -1.12. The quantitative estimate of drug-likeness (QED) is 0.722. The van der Waals surface area contributed by atoms with Crippen molar-refractivity contribution in [2.75, 3.05) is 5.75 Å². The Morgan fingerprint density at radius 3 is 2.44 bits per heavy atom. The lowest BCUT2D eigenvalue weighted by molar-refractivity contribution is -0.133. The highest BCUT2D eigenvalue weighted by Crippen LogP contribution is 2.32. The van der Waals surface area contributed by atoms with Crippen molar-refractivity contribution in [1.82, 2.24) is 0 Å². The number of thioether (sulfide) groups is 1. The molecule has 2 aromatic rings. The van der Waals surface area contributed by atoms with Gasteiger partial charge in [-0.05, 0) is 61.1 Å². The molecule has 0 aliphatic heterocycles. The molecule has 0 heterocycles. The van der Waals surface area contributed by atoms with Crippen molar-refractivity contribution < 1.29 is 23.4 Å². The van der Waals surface area contributed by atoms with Crippen molar-refractivity contribution in [2.45, 2.75) is 36.7 Å². The summed E-state index contributed by atoms with van der Waals surface area (Å²) in [6.45, 7) is 0. The molecule has 0 radical (unpaired) electrons. The summed E-state index contributed by atoms with van der Waals surface area (Å²) < 4.78 is 34.3. The average molecular weight is 364 g/mol. The number of carboxylic acid groups (broad SMARTS) is 1. The molecule has 1 fully saturated rings. The molecule has 1 saturated carbocycles. The van der Waals surface area contributed by atoms with Crippen LogP contribution in [0, 0.1) is 11.6 Å². The van der Waals surface area contributed by atoms with Crippen molar-refractivity contribution in [1.29, 1.82) is 0 Å². The molecule has 1 aliphatic rings. The van der Waals surface area contributed by atoms with Crippen LogP contribution in [0.4, 0.5) is 8.78 Å². The van der Waals surface area contributed by atoms with E-state index in [1.807, 2.05) is 6.07 Å². The maximum Gasteiger partial charge on any atom is 0.313 e. The third-order valence-electron chi connectivity index (χ3n) is 4.11. The number of ether oxygens (including phenoxy) is 1. The number of carbonyl (C=O) groups is 1. The Morgan fingerprint density at radius 1 is 1.12 bits per heavy atom. The highest BCUT2D eigenvalue weighted by Gasteiger charge is 2.17. The van der Waals surface area contributed by atoms with Gasteiger partial charge in [-0.2, -0.15) is 0 Å². The van der Waals surface area contributed by atoms with Gasteiger partial charge in [-0.15, -0.1) is 11.8 Å². The normalized spacial score (nSPS) is 14.6. The lowest BCUT2D eigenvalue weighted by Crippen LogP contribution is -2.10. The second kappa shape index (κ2) is 7.87. The van der Waals surface area contributed by atoms with E-state index in [1.54, 1.807) is 18.2 Å². The Labute approximate surface area is 149 Å². The standard InChI is InChI=1S/C19H18F2O3S/c20-16-9-13(10-17(21)19(16)25-11-18(22)23)12-4-3-7-15(8-12)24-14-5-1-2-6-14/h3-4,7-10,14H,1-2,5-6,11H2,(H,22,23). The van der Waals surface area contributed by atoms with Gasteiger partial charge in [0.15, 0.2) is 0 Å². The molecule has 132 valence electrons. The van der Waals surface area contributed by atoms with Crippen molar-refractivity contribution >= 4 is 17.7 Å². The fraction of sp³-hybridized carbons (Fsp3) is 0.316. The van der Waals surface area contributed by atoms with E-state index in [4.69, 9.17) is 9.84 Å². The van der Waals surface area contributed by atoms with E-state index in [9.17, 15) is 13.6 Å². The molecule has 0 spiro atoms. The summed E-state index contributed by atoms with van der Waals surface area (Å²) >= 11 is 0.636. The van der Waals surface area contributed by atoms with E-state index < -0.39 is 23.4 Å². The van der Waals surface area contributed by atoms with Gasteiger partial charge in [0, 0.05) is 0 Å². The largest absolute Gasteiger partial charge is 0.490 e. The van der Waals surface area contributed by atoms with E-state index >= 15 is 0 Å². The molecular weight excluding hydrogens is 346 g/mol. The Bertz CT molecular complexity index is 750. The highest BCUT2D eigenvalue weighted by atomic mass is 32.2. The van der Waals surface area contributed by atoms with E-state index in [2.05, 4.69) is 0 Å². The van der Waals surface area contributed by atoms with Gasteiger partial charge in [0.25, 0.3) is 0 Å². The van der Waals surface area contributed by atoms with Crippen LogP contribution >= 0.6 is 11.8 Å². The van der Waals surface area contributed by atoms with Crippen molar-refractivity contribution in [3.05, 3.63) is 48.0 Å². The molecule has 0 unspecified atom stereocenters. The maximum absolute atomic E-state index is 14.2. The van der Waals surface area contributed by atoms with E-state index in [1.165, 1.54) is 12.1 Å². The molecule has 0 atom stereocenters. The zero-order chi connectivity index (χ0) is 17.8. The molecule has 0 saturated heterocycles. The molecule has 3 rings (SSSR count). The summed E-state index contributed by atoms with van der Waals surface area (Å²) in [4.78, 5) is 10.3. The first-order chi connectivity index (χ1) is 12.0. The Hall–Kier alpha value is -2.08. The fourth-order valence-corrected chi connectivity index (χ4v) is 3.61. The van der Waals surface area contributed by atoms with E-state index in [0.29, 0.717) is 28.6 Å². The second-order valence-electron chi connectivity index (χ2n) is 6.00. The Kier molecular flexibility index (Phi) is 5.58. The average Bonchev–Trinajstić information content (AvgIpc) is 3.07. The lowest BCUT2D eigenvalue weighted by Gasteiger charge is -2.14. The van der Waals surface area contributed by atoms with Gasteiger partial charge in [-0.1, -0.05) is 12.1 Å². The Morgan fingerprint density at radius 2 is 1.80 bits per heavy atom. The molecule has 25 heavy (non-hydrogen) atoms. The van der Waals surface area contributed by atoms with Gasteiger partial charge in [0.1, 0.15) is 17.4 Å². The highest BCUT2D eigenvalue weighted by molar-refractivity contribution is 8.00. The first kappa shape index (κ1) is 17.7. The van der Waals surface area contributed by atoms with Crippen molar-refractivity contribution in [3.8, 4) is 16.9 Å². The predicted molar refractivity (Wildman–Crippen MR) is 93.0 cm³/mol. The topological polar surface area (TPSA) is 46.5 Å². The number of hydrogen-bond acceptors (Lipinski definition) is 3. The third kappa shape index (κ3) is 4.51. The number of benzene rings is 2. The summed E-state index contributed by atoms with van der Waals surface area (Å²) in [6, 6.07) is 9.62. The van der Waals surface area contributed by atoms with Gasteiger partial charge < -0.3 is 9.84 Å². The second-order valence-corrected chi connectivity index (χ2v) is 6.99. The van der Waals surface area contributed by atoms with Crippen LogP contribution in [0.25, 0.3) is 11.1 Å². The summed E-state index contributed by atoms with van der Waals surface area (Å²) in [5.74, 6) is -2.34. The number of halogens is 2. The van der Waals surface area contributed by atoms with Crippen LogP contribution in [0.1, 0.15) is 25.7 Å². The minimum Gasteiger partial charge on any atom is -0.490 e. The summed E-state index contributed by atoms with van der Waals surface area (Å²) in [5, 5.41) is 8.66. The first-order valence-electron chi connectivity index (χ1n) is 8.13. The third-order valence-corrected chi connectivity index (χ3v) is 5.18. The van der Waals surface area contributed by atoms with Crippen molar-refractivity contribution in [3.63, 3.8) is 0 Å². The zero-order valence-corrected chi connectivity index (χ0v) is 14.3. The fourth-order valence-electron chi connectivity index (χ4n) is 2.95. The van der Waals surface area contributed by atoms with Crippen LogP contribution in [0.3, 0.4) is 0 Å². The summed E-state index contributed by atoms with van der Waals surface area (Å²) in [7, 11) is 0. The molecule has 6 heteroatoms. The molecular formula is C19H18F2O3S. The maximum atomic E-state index is 14.2. The van der Waals surface area contributed by atoms with Crippen LogP contribution in [-0.2, 0) is 4.79 Å². The zero-order valence-electron chi connectivity index (χ0n) is 13.5. The van der Waals surface area contributed by atoms with Gasteiger partial charge in [0.05, 0.1) is 16.8 Å².